The van der Waals surface area contributed by atoms with Crippen LogP contribution in [0.5, 0.6) is 0 Å². The Hall–Kier alpha value is -6.24. The van der Waals surface area contributed by atoms with E-state index in [0.717, 1.165) is 0 Å². The van der Waals surface area contributed by atoms with Crippen molar-refractivity contribution in [3.05, 3.63) is 206 Å². The van der Waals surface area contributed by atoms with Gasteiger partial charge in [-0.25, -0.2) is 0 Å². The Bertz CT molecular complexity index is 2170. The summed E-state index contributed by atoms with van der Waals surface area (Å²) in [4.78, 5) is 0. The molecule has 8 aromatic rings. The Morgan fingerprint density at radius 2 is 0.354 bits per heavy atom. The van der Waals surface area contributed by atoms with Gasteiger partial charge < -0.3 is 0 Å². The van der Waals surface area contributed by atoms with Crippen LogP contribution in [0.25, 0.3) is 77.9 Å². The third-order valence-electron chi connectivity index (χ3n) is 9.07. The fourth-order valence-corrected chi connectivity index (χ4v) is 6.99. The highest BCUT2D eigenvalue weighted by Gasteiger charge is 2.29. The van der Waals surface area contributed by atoms with Crippen molar-refractivity contribution in [2.45, 2.75) is 0 Å². The molecule has 0 amide bonds. The van der Waals surface area contributed by atoms with Crippen LogP contribution in [0.4, 0.5) is 0 Å². The molecule has 0 heterocycles. The van der Waals surface area contributed by atoms with E-state index >= 15 is 0 Å². The standard InChI is InChI=1S/C48H34/c1-7-20-35(21-8-1)41-32-19-33-42(34-41)48-46(39-28-15-5-16-29-39)44(37-24-11-3-12-25-37)43(36-22-9-2-10-23-36)45(38-26-13-4-14-27-38)47(48)40-30-17-6-18-31-40/h1-34H. The van der Waals surface area contributed by atoms with Crippen LogP contribution in [-0.2, 0) is 0 Å². The van der Waals surface area contributed by atoms with Crippen LogP contribution in [0, 0.1) is 0 Å². The molecule has 0 spiro atoms. The molecule has 0 aliphatic carbocycles. The molecule has 0 nitrogen and oxygen atoms in total. The van der Waals surface area contributed by atoms with Gasteiger partial charge in [-0.3, -0.25) is 0 Å². The van der Waals surface area contributed by atoms with E-state index in [4.69, 9.17) is 0 Å². The van der Waals surface area contributed by atoms with Gasteiger partial charge in [-0.15, -0.1) is 0 Å². The molecule has 0 aromatic heterocycles. The smallest absolute Gasteiger partial charge is 0.00137 e. The summed E-state index contributed by atoms with van der Waals surface area (Å²) < 4.78 is 0. The Morgan fingerprint density at radius 1 is 0.146 bits per heavy atom. The van der Waals surface area contributed by atoms with Gasteiger partial charge in [-0.2, -0.15) is 0 Å². The van der Waals surface area contributed by atoms with Crippen LogP contribution in [0.3, 0.4) is 0 Å². The van der Waals surface area contributed by atoms with Crippen LogP contribution in [0.2, 0.25) is 0 Å². The molecule has 0 saturated carbocycles. The van der Waals surface area contributed by atoms with Crippen molar-refractivity contribution in [3.8, 4) is 77.9 Å². The van der Waals surface area contributed by atoms with Crippen LogP contribution in [-0.4, -0.2) is 0 Å². The average Bonchev–Trinajstić information content (AvgIpc) is 3.19. The van der Waals surface area contributed by atoms with E-state index in [-0.39, 0.29) is 0 Å². The second-order valence-corrected chi connectivity index (χ2v) is 12.0. The molecule has 8 rings (SSSR count). The first-order valence-corrected chi connectivity index (χ1v) is 16.5. The molecule has 0 radical (unpaired) electrons. The van der Waals surface area contributed by atoms with Gasteiger partial charge in [0.2, 0.25) is 0 Å². The normalized spacial score (nSPS) is 10.9. The van der Waals surface area contributed by atoms with E-state index in [0.29, 0.717) is 0 Å². The molecule has 8 aromatic carbocycles. The highest BCUT2D eigenvalue weighted by atomic mass is 14.3. The maximum Gasteiger partial charge on any atom is -0.00137 e. The van der Waals surface area contributed by atoms with E-state index in [1.165, 1.54) is 77.9 Å². The van der Waals surface area contributed by atoms with Gasteiger partial charge in [-0.05, 0) is 84.0 Å². The summed E-state index contributed by atoms with van der Waals surface area (Å²) in [5, 5.41) is 0. The molecule has 0 N–H and O–H groups in total. The van der Waals surface area contributed by atoms with Crippen molar-refractivity contribution in [2.24, 2.45) is 0 Å². The number of benzene rings is 8. The Balaban J connectivity index is 1.65. The van der Waals surface area contributed by atoms with Gasteiger partial charge in [-0.1, -0.05) is 200 Å². The van der Waals surface area contributed by atoms with E-state index in [1.807, 2.05) is 0 Å². The first-order chi connectivity index (χ1) is 23.9. The highest BCUT2D eigenvalue weighted by Crippen LogP contribution is 2.55. The molecule has 0 aliphatic heterocycles. The molecule has 0 bridgehead atoms. The predicted octanol–water partition coefficient (Wildman–Crippen LogP) is 13.4. The van der Waals surface area contributed by atoms with Gasteiger partial charge in [0.1, 0.15) is 0 Å². The molecule has 0 heteroatoms. The summed E-state index contributed by atoms with van der Waals surface area (Å²) in [5.41, 5.74) is 16.9. The predicted molar refractivity (Wildman–Crippen MR) is 204 cm³/mol. The summed E-state index contributed by atoms with van der Waals surface area (Å²) >= 11 is 0. The maximum atomic E-state index is 2.37. The SMILES string of the molecule is c1ccc(-c2cccc(-c3c(-c4ccccc4)c(-c4ccccc4)c(-c4ccccc4)c(-c4ccccc4)c3-c3ccccc3)c2)cc1. The molecular formula is C48H34. The summed E-state index contributed by atoms with van der Waals surface area (Å²) in [6.45, 7) is 0. The van der Waals surface area contributed by atoms with Crippen molar-refractivity contribution >= 4 is 0 Å². The average molecular weight is 611 g/mol. The highest BCUT2D eigenvalue weighted by molar-refractivity contribution is 6.15. The lowest BCUT2D eigenvalue weighted by Gasteiger charge is -2.29. The first-order valence-electron chi connectivity index (χ1n) is 16.5. The maximum absolute atomic E-state index is 2.37. The van der Waals surface area contributed by atoms with Gasteiger partial charge >= 0.3 is 0 Å². The lowest BCUT2D eigenvalue weighted by atomic mass is 9.74. The van der Waals surface area contributed by atoms with Crippen molar-refractivity contribution < 1.29 is 0 Å². The van der Waals surface area contributed by atoms with Crippen molar-refractivity contribution in [2.75, 3.05) is 0 Å². The van der Waals surface area contributed by atoms with E-state index < -0.39 is 0 Å². The minimum atomic E-state index is 1.18. The molecular weight excluding hydrogens is 577 g/mol. The molecule has 0 aliphatic rings. The summed E-state index contributed by atoms with van der Waals surface area (Å²) in [6, 6.07) is 74.5. The van der Waals surface area contributed by atoms with Crippen LogP contribution < -0.4 is 0 Å². The quantitative estimate of drug-likeness (QED) is 0.168. The van der Waals surface area contributed by atoms with Gasteiger partial charge in [0.15, 0.2) is 0 Å². The zero-order valence-corrected chi connectivity index (χ0v) is 26.6. The molecule has 0 unspecified atom stereocenters. The number of hydrogen-bond acceptors (Lipinski definition) is 0. The minimum Gasteiger partial charge on any atom is -0.0622 e. The van der Waals surface area contributed by atoms with E-state index in [2.05, 4.69) is 206 Å². The van der Waals surface area contributed by atoms with E-state index in [9.17, 15) is 0 Å². The molecule has 226 valence electrons. The van der Waals surface area contributed by atoms with Crippen LogP contribution >= 0.6 is 0 Å². The Labute approximate surface area is 283 Å². The monoisotopic (exact) mass is 610 g/mol. The van der Waals surface area contributed by atoms with E-state index in [1.54, 1.807) is 0 Å². The fourth-order valence-electron chi connectivity index (χ4n) is 6.99. The lowest BCUT2D eigenvalue weighted by Crippen LogP contribution is -2.02. The fraction of sp³-hybridized carbons (Fsp3) is 0. The van der Waals surface area contributed by atoms with Gasteiger partial charge in [0.25, 0.3) is 0 Å². The molecule has 0 saturated heterocycles. The topological polar surface area (TPSA) is 0 Å². The van der Waals surface area contributed by atoms with Crippen LogP contribution in [0.15, 0.2) is 206 Å². The minimum absolute atomic E-state index is 1.18. The zero-order chi connectivity index (χ0) is 32.1. The van der Waals surface area contributed by atoms with Crippen molar-refractivity contribution in [1.29, 1.82) is 0 Å². The van der Waals surface area contributed by atoms with Gasteiger partial charge in [0, 0.05) is 0 Å². The first kappa shape index (κ1) is 29.2. The molecule has 0 atom stereocenters. The number of rotatable bonds is 7. The second-order valence-electron chi connectivity index (χ2n) is 12.0. The molecule has 0 fully saturated rings. The van der Waals surface area contributed by atoms with Crippen LogP contribution in [0.1, 0.15) is 0 Å². The lowest BCUT2D eigenvalue weighted by molar-refractivity contribution is 1.51. The Morgan fingerprint density at radius 3 is 0.646 bits per heavy atom. The second kappa shape index (κ2) is 13.2. The largest absolute Gasteiger partial charge is 0.0622 e. The third-order valence-corrected chi connectivity index (χ3v) is 9.07. The summed E-state index contributed by atoms with van der Waals surface area (Å²) in [6.07, 6.45) is 0. The summed E-state index contributed by atoms with van der Waals surface area (Å²) in [7, 11) is 0. The zero-order valence-electron chi connectivity index (χ0n) is 26.6. The van der Waals surface area contributed by atoms with Crippen molar-refractivity contribution in [3.63, 3.8) is 0 Å². The third kappa shape index (κ3) is 5.55. The summed E-state index contributed by atoms with van der Waals surface area (Å²) in [5.74, 6) is 0. The number of hydrogen-bond donors (Lipinski definition) is 0. The van der Waals surface area contributed by atoms with Gasteiger partial charge in [0.05, 0.1) is 0 Å². The van der Waals surface area contributed by atoms with Crippen molar-refractivity contribution in [1.82, 2.24) is 0 Å². The molecule has 48 heavy (non-hydrogen) atoms. The Kier molecular flexibility index (Phi) is 8.05.